The van der Waals surface area contributed by atoms with Gasteiger partial charge in [-0.2, -0.15) is 0 Å². The molecule has 0 spiro atoms. The average Bonchev–Trinajstić information content (AvgIpc) is 2.47. The van der Waals surface area contributed by atoms with E-state index in [2.05, 4.69) is 0 Å². The number of esters is 1. The molecule has 110 valence electrons. The third-order valence-electron chi connectivity index (χ3n) is 4.03. The Hall–Kier alpha value is -1.51. The number of carbonyl (C=O) groups excluding carboxylic acids is 1. The highest BCUT2D eigenvalue weighted by atomic mass is 16.5. The highest BCUT2D eigenvalue weighted by Crippen LogP contribution is 2.27. The standard InChI is InChI=1S/C17H24O3/c18-16-10-8-15(9-11-16)13-17(19)20-12-4-7-14-5-2-1-3-6-14/h8-11,14,18H,1-7,12-13H2. The molecule has 0 unspecified atom stereocenters. The molecule has 1 aliphatic carbocycles. The van der Waals surface area contributed by atoms with Gasteiger partial charge in [0.25, 0.3) is 0 Å². The summed E-state index contributed by atoms with van der Waals surface area (Å²) < 4.78 is 5.27. The quantitative estimate of drug-likeness (QED) is 0.634. The first-order valence-corrected chi connectivity index (χ1v) is 7.67. The summed E-state index contributed by atoms with van der Waals surface area (Å²) in [5.41, 5.74) is 0.875. The summed E-state index contributed by atoms with van der Waals surface area (Å²) in [4.78, 5) is 11.7. The Morgan fingerprint density at radius 1 is 1.15 bits per heavy atom. The lowest BCUT2D eigenvalue weighted by molar-refractivity contribution is -0.143. The average molecular weight is 276 g/mol. The third-order valence-corrected chi connectivity index (χ3v) is 4.03. The summed E-state index contributed by atoms with van der Waals surface area (Å²) in [6.07, 6.45) is 9.26. The van der Waals surface area contributed by atoms with Gasteiger partial charge >= 0.3 is 5.97 Å². The van der Waals surface area contributed by atoms with Gasteiger partial charge in [0.1, 0.15) is 5.75 Å². The van der Waals surface area contributed by atoms with Gasteiger partial charge in [-0.05, 0) is 36.5 Å². The van der Waals surface area contributed by atoms with Gasteiger partial charge in [0, 0.05) is 0 Å². The fraction of sp³-hybridized carbons (Fsp3) is 0.588. The molecule has 1 saturated carbocycles. The van der Waals surface area contributed by atoms with Gasteiger partial charge in [-0.1, -0.05) is 44.2 Å². The molecule has 0 aromatic heterocycles. The molecule has 0 radical (unpaired) electrons. The summed E-state index contributed by atoms with van der Waals surface area (Å²) in [7, 11) is 0. The number of rotatable bonds is 6. The normalized spacial score (nSPS) is 16.0. The molecular weight excluding hydrogens is 252 g/mol. The van der Waals surface area contributed by atoms with Crippen molar-refractivity contribution in [2.24, 2.45) is 5.92 Å². The summed E-state index contributed by atoms with van der Waals surface area (Å²) in [5, 5.41) is 9.17. The van der Waals surface area contributed by atoms with Crippen LogP contribution in [-0.2, 0) is 16.0 Å². The minimum absolute atomic E-state index is 0.181. The molecule has 0 amide bonds. The summed E-state index contributed by atoms with van der Waals surface area (Å²) in [6, 6.07) is 6.68. The van der Waals surface area contributed by atoms with Crippen molar-refractivity contribution >= 4 is 5.97 Å². The van der Waals surface area contributed by atoms with E-state index in [-0.39, 0.29) is 18.1 Å². The molecule has 1 aromatic carbocycles. The summed E-state index contributed by atoms with van der Waals surface area (Å²) in [6.45, 7) is 0.535. The predicted octanol–water partition coefficient (Wildman–Crippen LogP) is 3.84. The Bertz CT molecular complexity index is 405. The van der Waals surface area contributed by atoms with Gasteiger partial charge in [0.05, 0.1) is 13.0 Å². The van der Waals surface area contributed by atoms with Crippen molar-refractivity contribution in [3.63, 3.8) is 0 Å². The number of phenols is 1. The van der Waals surface area contributed by atoms with Crippen molar-refractivity contribution in [2.75, 3.05) is 6.61 Å². The second kappa shape index (κ2) is 7.93. The van der Waals surface area contributed by atoms with Crippen molar-refractivity contribution in [3.05, 3.63) is 29.8 Å². The zero-order valence-corrected chi connectivity index (χ0v) is 12.0. The van der Waals surface area contributed by atoms with E-state index in [1.54, 1.807) is 24.3 Å². The number of aromatic hydroxyl groups is 1. The zero-order chi connectivity index (χ0) is 14.2. The van der Waals surface area contributed by atoms with E-state index in [0.29, 0.717) is 6.61 Å². The van der Waals surface area contributed by atoms with Crippen LogP contribution >= 0.6 is 0 Å². The smallest absolute Gasteiger partial charge is 0.310 e. The highest BCUT2D eigenvalue weighted by molar-refractivity contribution is 5.72. The van der Waals surface area contributed by atoms with Gasteiger partial charge < -0.3 is 9.84 Å². The van der Waals surface area contributed by atoms with E-state index in [1.807, 2.05) is 0 Å². The van der Waals surface area contributed by atoms with E-state index in [9.17, 15) is 9.90 Å². The van der Waals surface area contributed by atoms with Crippen LogP contribution in [0.5, 0.6) is 5.75 Å². The molecule has 0 saturated heterocycles. The lowest BCUT2D eigenvalue weighted by atomic mass is 9.86. The fourth-order valence-electron chi connectivity index (χ4n) is 2.87. The zero-order valence-electron chi connectivity index (χ0n) is 12.0. The van der Waals surface area contributed by atoms with Crippen LogP contribution in [0.1, 0.15) is 50.5 Å². The summed E-state index contributed by atoms with van der Waals surface area (Å²) in [5.74, 6) is 0.883. The molecule has 1 N–H and O–H groups in total. The van der Waals surface area contributed by atoms with Crippen LogP contribution in [0.2, 0.25) is 0 Å². The number of ether oxygens (including phenoxy) is 1. The van der Waals surface area contributed by atoms with E-state index in [4.69, 9.17) is 4.74 Å². The number of hydrogen-bond acceptors (Lipinski definition) is 3. The molecule has 3 heteroatoms. The number of carbonyl (C=O) groups is 1. The fourth-order valence-corrected chi connectivity index (χ4v) is 2.87. The van der Waals surface area contributed by atoms with Crippen LogP contribution in [0.15, 0.2) is 24.3 Å². The van der Waals surface area contributed by atoms with Crippen LogP contribution in [0.3, 0.4) is 0 Å². The van der Waals surface area contributed by atoms with Crippen LogP contribution in [-0.4, -0.2) is 17.7 Å². The van der Waals surface area contributed by atoms with E-state index < -0.39 is 0 Å². The SMILES string of the molecule is O=C(Cc1ccc(O)cc1)OCCCC1CCCCC1. The molecule has 0 bridgehead atoms. The Kier molecular flexibility index (Phi) is 5.90. The molecule has 20 heavy (non-hydrogen) atoms. The maximum atomic E-state index is 11.7. The Balaban J connectivity index is 1.59. The van der Waals surface area contributed by atoms with E-state index in [1.165, 1.54) is 38.5 Å². The first-order chi connectivity index (χ1) is 9.74. The van der Waals surface area contributed by atoms with Crippen LogP contribution in [0.25, 0.3) is 0 Å². The van der Waals surface area contributed by atoms with Gasteiger partial charge in [-0.25, -0.2) is 0 Å². The Labute approximate surface area is 121 Å². The van der Waals surface area contributed by atoms with Crippen molar-refractivity contribution in [3.8, 4) is 5.75 Å². The molecule has 0 atom stereocenters. The molecule has 1 fully saturated rings. The Morgan fingerprint density at radius 3 is 2.55 bits per heavy atom. The second-order valence-electron chi connectivity index (χ2n) is 5.71. The van der Waals surface area contributed by atoms with Crippen molar-refractivity contribution in [1.29, 1.82) is 0 Å². The van der Waals surface area contributed by atoms with Gasteiger partial charge in [0.2, 0.25) is 0 Å². The minimum atomic E-state index is -0.181. The lowest BCUT2D eigenvalue weighted by Gasteiger charge is -2.21. The molecule has 1 aromatic rings. The molecule has 2 rings (SSSR count). The van der Waals surface area contributed by atoms with Gasteiger partial charge in [-0.3, -0.25) is 4.79 Å². The number of phenolic OH excluding ortho intramolecular Hbond substituents is 1. The topological polar surface area (TPSA) is 46.5 Å². The first kappa shape index (κ1) is 14.9. The molecular formula is C17H24O3. The number of hydrogen-bond donors (Lipinski definition) is 1. The minimum Gasteiger partial charge on any atom is -0.508 e. The maximum absolute atomic E-state index is 11.7. The lowest BCUT2D eigenvalue weighted by Crippen LogP contribution is -2.11. The Morgan fingerprint density at radius 2 is 1.85 bits per heavy atom. The first-order valence-electron chi connectivity index (χ1n) is 7.67. The molecule has 3 nitrogen and oxygen atoms in total. The highest BCUT2D eigenvalue weighted by Gasteiger charge is 2.13. The predicted molar refractivity (Wildman–Crippen MR) is 78.6 cm³/mol. The van der Waals surface area contributed by atoms with Crippen LogP contribution < -0.4 is 0 Å². The third kappa shape index (κ3) is 5.24. The van der Waals surface area contributed by atoms with Crippen LogP contribution in [0.4, 0.5) is 0 Å². The summed E-state index contributed by atoms with van der Waals surface area (Å²) >= 11 is 0. The molecule has 0 aliphatic heterocycles. The van der Waals surface area contributed by atoms with Crippen molar-refractivity contribution in [1.82, 2.24) is 0 Å². The second-order valence-corrected chi connectivity index (χ2v) is 5.71. The number of benzene rings is 1. The van der Waals surface area contributed by atoms with Crippen molar-refractivity contribution < 1.29 is 14.6 Å². The van der Waals surface area contributed by atoms with E-state index in [0.717, 1.165) is 17.9 Å². The largest absolute Gasteiger partial charge is 0.508 e. The molecule has 0 heterocycles. The monoisotopic (exact) mass is 276 g/mol. The van der Waals surface area contributed by atoms with Crippen LogP contribution in [0, 0.1) is 5.92 Å². The van der Waals surface area contributed by atoms with Gasteiger partial charge in [0.15, 0.2) is 0 Å². The van der Waals surface area contributed by atoms with Gasteiger partial charge in [-0.15, -0.1) is 0 Å². The molecule has 1 aliphatic rings. The van der Waals surface area contributed by atoms with Crippen molar-refractivity contribution in [2.45, 2.75) is 51.4 Å². The maximum Gasteiger partial charge on any atom is 0.310 e. The van der Waals surface area contributed by atoms with E-state index >= 15 is 0 Å².